The number of nitrogens with one attached hydrogen (secondary N) is 1. The zero-order valence-corrected chi connectivity index (χ0v) is 12.0. The molecule has 2 aromatic rings. The van der Waals surface area contributed by atoms with E-state index in [1.807, 2.05) is 19.9 Å². The fourth-order valence-corrected chi connectivity index (χ4v) is 2.40. The predicted molar refractivity (Wildman–Crippen MR) is 77.3 cm³/mol. The van der Waals surface area contributed by atoms with Crippen LogP contribution in [0.25, 0.3) is 0 Å². The average Bonchev–Trinajstić information content (AvgIpc) is 2.89. The van der Waals surface area contributed by atoms with E-state index in [0.29, 0.717) is 13.2 Å². The molecule has 2 unspecified atom stereocenters. The first-order valence-electron chi connectivity index (χ1n) is 6.83. The molecule has 0 radical (unpaired) electrons. The van der Waals surface area contributed by atoms with Gasteiger partial charge in [0.2, 0.25) is 0 Å². The summed E-state index contributed by atoms with van der Waals surface area (Å²) in [5.74, 6) is 0.726. The summed E-state index contributed by atoms with van der Waals surface area (Å²) >= 11 is 0. The van der Waals surface area contributed by atoms with Crippen molar-refractivity contribution in [1.29, 1.82) is 0 Å². The maximum Gasteiger partial charge on any atom is 0.267 e. The molecule has 3 heterocycles. The van der Waals surface area contributed by atoms with Crippen LogP contribution in [0.1, 0.15) is 17.4 Å². The van der Waals surface area contributed by atoms with Gasteiger partial charge in [-0.3, -0.25) is 4.79 Å². The molecule has 0 spiro atoms. The number of hydrogen-bond donors (Lipinski definition) is 1. The van der Waals surface area contributed by atoms with Crippen molar-refractivity contribution in [3.05, 3.63) is 46.3 Å². The average molecular weight is 287 g/mol. The Hall–Kier alpha value is -2.28. The van der Waals surface area contributed by atoms with Crippen LogP contribution in [-0.4, -0.2) is 39.0 Å². The molecule has 1 fully saturated rings. The molecule has 1 N–H and O–H groups in total. The van der Waals surface area contributed by atoms with Crippen LogP contribution >= 0.6 is 0 Å². The number of hydrogen-bond acceptors (Lipinski definition) is 6. The highest BCUT2D eigenvalue weighted by Gasteiger charge is 2.31. The van der Waals surface area contributed by atoms with Crippen molar-refractivity contribution in [2.45, 2.75) is 25.9 Å². The van der Waals surface area contributed by atoms with E-state index in [1.165, 1.54) is 17.1 Å². The molecule has 1 saturated heterocycles. The number of aromatic nitrogens is 4. The molecule has 0 aromatic carbocycles. The molecular formula is C14H17N5O2. The van der Waals surface area contributed by atoms with E-state index in [-0.39, 0.29) is 17.6 Å². The molecule has 110 valence electrons. The number of rotatable bonds is 3. The van der Waals surface area contributed by atoms with Crippen molar-refractivity contribution in [3.63, 3.8) is 0 Å². The third-order valence-electron chi connectivity index (χ3n) is 3.46. The van der Waals surface area contributed by atoms with E-state index >= 15 is 0 Å². The minimum absolute atomic E-state index is 0.0497. The lowest BCUT2D eigenvalue weighted by Crippen LogP contribution is -2.37. The Kier molecular flexibility index (Phi) is 3.66. The van der Waals surface area contributed by atoms with Crippen LogP contribution in [0.15, 0.2) is 29.3 Å². The third kappa shape index (κ3) is 2.92. The SMILES string of the molecule is Cc1cc(NC2COCC2n2nc(C)ccc2=O)ncn1. The summed E-state index contributed by atoms with van der Waals surface area (Å²) in [5, 5.41) is 7.62. The second-order valence-electron chi connectivity index (χ2n) is 5.16. The van der Waals surface area contributed by atoms with Crippen LogP contribution in [-0.2, 0) is 4.74 Å². The van der Waals surface area contributed by atoms with Crippen molar-refractivity contribution in [2.24, 2.45) is 0 Å². The first-order chi connectivity index (χ1) is 10.1. The Bertz CT molecular complexity index is 700. The Morgan fingerprint density at radius 3 is 2.90 bits per heavy atom. The van der Waals surface area contributed by atoms with E-state index < -0.39 is 0 Å². The van der Waals surface area contributed by atoms with Crippen molar-refractivity contribution in [2.75, 3.05) is 18.5 Å². The molecule has 1 aliphatic rings. The van der Waals surface area contributed by atoms with Crippen molar-refractivity contribution in [3.8, 4) is 0 Å². The second-order valence-corrected chi connectivity index (χ2v) is 5.16. The molecule has 0 bridgehead atoms. The van der Waals surface area contributed by atoms with Gasteiger partial charge >= 0.3 is 0 Å². The van der Waals surface area contributed by atoms with Gasteiger partial charge in [-0.2, -0.15) is 5.10 Å². The van der Waals surface area contributed by atoms with E-state index in [1.54, 1.807) is 6.07 Å². The summed E-state index contributed by atoms with van der Waals surface area (Å²) in [7, 11) is 0. The molecular weight excluding hydrogens is 270 g/mol. The van der Waals surface area contributed by atoms with E-state index in [4.69, 9.17) is 4.74 Å². The highest BCUT2D eigenvalue weighted by atomic mass is 16.5. The minimum atomic E-state index is -0.146. The molecule has 2 atom stereocenters. The minimum Gasteiger partial charge on any atom is -0.377 e. The second kappa shape index (κ2) is 5.61. The number of ether oxygens (including phenoxy) is 1. The summed E-state index contributed by atoms with van der Waals surface area (Å²) < 4.78 is 7.01. The Balaban J connectivity index is 1.85. The molecule has 1 aliphatic heterocycles. The van der Waals surface area contributed by atoms with Crippen LogP contribution < -0.4 is 10.9 Å². The Labute approximate surface area is 122 Å². The summed E-state index contributed by atoms with van der Waals surface area (Å²) in [6.07, 6.45) is 1.51. The van der Waals surface area contributed by atoms with Gasteiger partial charge in [-0.1, -0.05) is 0 Å². The predicted octanol–water partition coefficient (Wildman–Crippen LogP) is 0.702. The normalized spacial score (nSPS) is 21.4. The monoisotopic (exact) mass is 287 g/mol. The maximum absolute atomic E-state index is 12.0. The zero-order chi connectivity index (χ0) is 14.8. The Morgan fingerprint density at radius 1 is 1.24 bits per heavy atom. The van der Waals surface area contributed by atoms with Gasteiger partial charge in [0.15, 0.2) is 0 Å². The number of aryl methyl sites for hydroxylation is 2. The van der Waals surface area contributed by atoms with Gasteiger partial charge in [0, 0.05) is 17.8 Å². The first kappa shape index (κ1) is 13.7. The number of anilines is 1. The molecule has 7 nitrogen and oxygen atoms in total. The van der Waals surface area contributed by atoms with E-state index in [0.717, 1.165) is 17.2 Å². The summed E-state index contributed by atoms with van der Waals surface area (Å²) in [6, 6.07) is 4.91. The van der Waals surface area contributed by atoms with Crippen LogP contribution in [0.3, 0.4) is 0 Å². The van der Waals surface area contributed by atoms with E-state index in [2.05, 4.69) is 20.4 Å². The molecule has 0 aliphatic carbocycles. The fourth-order valence-electron chi connectivity index (χ4n) is 2.40. The zero-order valence-electron chi connectivity index (χ0n) is 12.0. The first-order valence-corrected chi connectivity index (χ1v) is 6.83. The van der Waals surface area contributed by atoms with Crippen molar-refractivity contribution >= 4 is 5.82 Å². The van der Waals surface area contributed by atoms with Gasteiger partial charge in [0.1, 0.15) is 18.2 Å². The van der Waals surface area contributed by atoms with Crippen LogP contribution in [0.5, 0.6) is 0 Å². The molecule has 0 saturated carbocycles. The quantitative estimate of drug-likeness (QED) is 0.895. The Morgan fingerprint density at radius 2 is 2.10 bits per heavy atom. The lowest BCUT2D eigenvalue weighted by atomic mass is 10.1. The topological polar surface area (TPSA) is 81.9 Å². The summed E-state index contributed by atoms with van der Waals surface area (Å²) in [4.78, 5) is 20.3. The van der Waals surface area contributed by atoms with Crippen molar-refractivity contribution < 1.29 is 4.74 Å². The fraction of sp³-hybridized carbons (Fsp3) is 0.429. The van der Waals surface area contributed by atoms with Gasteiger partial charge in [0.25, 0.3) is 5.56 Å². The summed E-state index contributed by atoms with van der Waals surface area (Å²) in [6.45, 7) is 4.73. The highest BCUT2D eigenvalue weighted by Crippen LogP contribution is 2.21. The van der Waals surface area contributed by atoms with E-state index in [9.17, 15) is 4.79 Å². The van der Waals surface area contributed by atoms with Crippen molar-refractivity contribution in [1.82, 2.24) is 19.7 Å². The van der Waals surface area contributed by atoms with Crippen LogP contribution in [0.4, 0.5) is 5.82 Å². The standard InChI is InChI=1S/C14H17N5O2/c1-9-3-4-14(20)19(18-9)12-7-21-6-11(12)17-13-5-10(2)15-8-16-13/h3-5,8,11-12H,6-7H2,1-2H3,(H,15,16,17). The molecule has 2 aromatic heterocycles. The van der Waals surface area contributed by atoms with Gasteiger partial charge in [-0.25, -0.2) is 14.6 Å². The smallest absolute Gasteiger partial charge is 0.267 e. The van der Waals surface area contributed by atoms with Crippen LogP contribution in [0, 0.1) is 13.8 Å². The molecule has 7 heteroatoms. The van der Waals surface area contributed by atoms with Gasteiger partial charge < -0.3 is 10.1 Å². The lowest BCUT2D eigenvalue weighted by molar-refractivity contribution is 0.182. The van der Waals surface area contributed by atoms with Gasteiger partial charge in [0.05, 0.1) is 24.9 Å². The van der Waals surface area contributed by atoms with Crippen LogP contribution in [0.2, 0.25) is 0 Å². The lowest BCUT2D eigenvalue weighted by Gasteiger charge is -2.20. The molecule has 21 heavy (non-hydrogen) atoms. The summed E-state index contributed by atoms with van der Waals surface area (Å²) in [5.41, 5.74) is 1.56. The van der Waals surface area contributed by atoms with Gasteiger partial charge in [-0.05, 0) is 19.9 Å². The largest absolute Gasteiger partial charge is 0.377 e. The maximum atomic E-state index is 12.0. The third-order valence-corrected chi connectivity index (χ3v) is 3.46. The molecule has 3 rings (SSSR count). The number of nitrogens with zero attached hydrogens (tertiary/aromatic N) is 4. The van der Waals surface area contributed by atoms with Gasteiger partial charge in [-0.15, -0.1) is 0 Å². The molecule has 0 amide bonds. The highest BCUT2D eigenvalue weighted by molar-refractivity contribution is 5.36.